The van der Waals surface area contributed by atoms with Crippen molar-refractivity contribution in [3.8, 4) is 5.75 Å². The van der Waals surface area contributed by atoms with Gasteiger partial charge in [0.25, 0.3) is 0 Å². The van der Waals surface area contributed by atoms with Crippen molar-refractivity contribution < 1.29 is 18.6 Å². The van der Waals surface area contributed by atoms with Gasteiger partial charge in [-0.2, -0.15) is 0 Å². The monoisotopic (exact) mass is 452 g/mol. The van der Waals surface area contributed by atoms with Gasteiger partial charge in [-0.1, -0.05) is 35.9 Å². The Hall–Kier alpha value is -3.35. The van der Waals surface area contributed by atoms with Gasteiger partial charge in [0, 0.05) is 28.5 Å². The second-order valence-corrected chi connectivity index (χ2v) is 7.58. The predicted octanol–water partition coefficient (Wildman–Crippen LogP) is 5.47. The number of pyridine rings is 1. The number of dihydropyridines is 1. The predicted molar refractivity (Wildman–Crippen MR) is 120 cm³/mol. The highest BCUT2D eigenvalue weighted by Gasteiger charge is 2.33. The van der Waals surface area contributed by atoms with Crippen LogP contribution in [0.3, 0.4) is 0 Å². The van der Waals surface area contributed by atoms with Crippen molar-refractivity contribution in [1.82, 2.24) is 10.3 Å². The number of allylic oxidation sites excluding steroid dienone is 2. The van der Waals surface area contributed by atoms with E-state index in [1.54, 1.807) is 37.7 Å². The number of ether oxygens (including phenoxy) is 3. The molecule has 7 heteroatoms. The van der Waals surface area contributed by atoms with Gasteiger partial charge >= 0.3 is 0 Å². The lowest BCUT2D eigenvalue weighted by atomic mass is 10.0. The molecule has 2 heterocycles. The van der Waals surface area contributed by atoms with Crippen LogP contribution in [0, 0.1) is 5.82 Å². The van der Waals surface area contributed by atoms with Crippen molar-refractivity contribution in [3.05, 3.63) is 119 Å². The van der Waals surface area contributed by atoms with E-state index < -0.39 is 11.5 Å². The molecule has 5 nitrogen and oxygen atoms in total. The van der Waals surface area contributed by atoms with Gasteiger partial charge in [-0.3, -0.25) is 4.98 Å². The Morgan fingerprint density at radius 1 is 1.03 bits per heavy atom. The van der Waals surface area contributed by atoms with E-state index in [9.17, 15) is 4.39 Å². The van der Waals surface area contributed by atoms with E-state index in [0.29, 0.717) is 23.1 Å². The molecule has 1 aliphatic heterocycles. The van der Waals surface area contributed by atoms with Crippen LogP contribution in [0.2, 0.25) is 5.02 Å². The molecule has 3 aromatic rings. The molecule has 0 fully saturated rings. The number of rotatable bonds is 8. The van der Waals surface area contributed by atoms with Crippen molar-refractivity contribution in [2.24, 2.45) is 0 Å². The molecule has 164 valence electrons. The number of methoxy groups -OCH3 is 1. The van der Waals surface area contributed by atoms with Crippen LogP contribution < -0.4 is 10.1 Å². The zero-order valence-electron chi connectivity index (χ0n) is 17.4. The number of hydrogen-bond donors (Lipinski definition) is 1. The van der Waals surface area contributed by atoms with Crippen LogP contribution in [0.4, 0.5) is 4.39 Å². The number of hydrogen-bond acceptors (Lipinski definition) is 5. The summed E-state index contributed by atoms with van der Waals surface area (Å²) in [6.45, 7) is 0.378. The Labute approximate surface area is 191 Å². The standard InChI is InChI=1S/C25H22ClFN2O3/c1-30-22-8-4-18(5-9-22)16-32-25(20-10-13-28-14-11-20)12-2-3-24(29-25)31-17-19-6-7-21(26)15-23(19)27/h2-15,29H,16-17H2,1H3. The fourth-order valence-electron chi connectivity index (χ4n) is 3.27. The molecule has 1 N–H and O–H groups in total. The highest BCUT2D eigenvalue weighted by Crippen LogP contribution is 2.30. The molecule has 0 saturated carbocycles. The van der Waals surface area contributed by atoms with E-state index in [1.165, 1.54) is 6.07 Å². The minimum atomic E-state index is -0.981. The van der Waals surface area contributed by atoms with Crippen LogP contribution in [0.15, 0.2) is 91.1 Å². The van der Waals surface area contributed by atoms with Crippen molar-refractivity contribution in [2.45, 2.75) is 18.9 Å². The summed E-state index contributed by atoms with van der Waals surface area (Å²) in [5.41, 5.74) is 1.25. The van der Waals surface area contributed by atoms with E-state index >= 15 is 0 Å². The summed E-state index contributed by atoms with van der Waals surface area (Å²) in [5.74, 6) is 0.815. The van der Waals surface area contributed by atoms with Gasteiger partial charge in [-0.15, -0.1) is 0 Å². The van der Waals surface area contributed by atoms with Gasteiger partial charge in [0.1, 0.15) is 18.2 Å². The minimum absolute atomic E-state index is 0.0422. The van der Waals surface area contributed by atoms with Crippen LogP contribution in [0.1, 0.15) is 16.7 Å². The van der Waals surface area contributed by atoms with Crippen LogP contribution >= 0.6 is 11.6 Å². The number of benzene rings is 2. The van der Waals surface area contributed by atoms with Crippen molar-refractivity contribution in [2.75, 3.05) is 7.11 Å². The van der Waals surface area contributed by atoms with Gasteiger partial charge in [0.05, 0.1) is 13.7 Å². The number of aromatic nitrogens is 1. The first-order chi connectivity index (χ1) is 15.6. The Morgan fingerprint density at radius 3 is 2.53 bits per heavy atom. The van der Waals surface area contributed by atoms with Crippen LogP contribution in [-0.2, 0) is 28.4 Å². The van der Waals surface area contributed by atoms with Crippen LogP contribution in [0.25, 0.3) is 0 Å². The summed E-state index contributed by atoms with van der Waals surface area (Å²) in [6, 6.07) is 15.9. The van der Waals surface area contributed by atoms with Crippen LogP contribution in [0.5, 0.6) is 5.75 Å². The smallest absolute Gasteiger partial charge is 0.189 e. The number of nitrogens with zero attached hydrogens (tertiary/aromatic N) is 1. The summed E-state index contributed by atoms with van der Waals surface area (Å²) in [4.78, 5) is 4.10. The van der Waals surface area contributed by atoms with Crippen molar-refractivity contribution in [1.29, 1.82) is 0 Å². The molecule has 0 amide bonds. The van der Waals surface area contributed by atoms with E-state index in [0.717, 1.165) is 16.9 Å². The van der Waals surface area contributed by atoms with Gasteiger partial charge < -0.3 is 19.5 Å². The maximum absolute atomic E-state index is 14.1. The zero-order chi connectivity index (χ0) is 22.4. The van der Waals surface area contributed by atoms with Gasteiger partial charge in [-0.05, 0) is 54.1 Å². The third-order valence-corrected chi connectivity index (χ3v) is 5.26. The normalized spacial score (nSPS) is 17.4. The van der Waals surface area contributed by atoms with E-state index in [4.69, 9.17) is 25.8 Å². The molecule has 4 rings (SSSR count). The second-order valence-electron chi connectivity index (χ2n) is 7.15. The van der Waals surface area contributed by atoms with Crippen LogP contribution in [-0.4, -0.2) is 12.1 Å². The molecule has 1 unspecified atom stereocenters. The Kier molecular flexibility index (Phi) is 6.73. The Balaban J connectivity index is 1.51. The zero-order valence-corrected chi connectivity index (χ0v) is 18.2. The minimum Gasteiger partial charge on any atom is -0.497 e. The topological polar surface area (TPSA) is 52.6 Å². The second kappa shape index (κ2) is 9.85. The third kappa shape index (κ3) is 5.10. The number of nitrogens with one attached hydrogen (secondary N) is 1. The average Bonchev–Trinajstić information content (AvgIpc) is 2.83. The molecule has 2 aromatic carbocycles. The Bertz CT molecular complexity index is 1120. The first kappa shape index (κ1) is 21.9. The highest BCUT2D eigenvalue weighted by atomic mass is 35.5. The summed E-state index contributed by atoms with van der Waals surface area (Å²) in [6.07, 6.45) is 8.92. The largest absolute Gasteiger partial charge is 0.497 e. The van der Waals surface area contributed by atoms with Gasteiger partial charge in [0.15, 0.2) is 11.6 Å². The highest BCUT2D eigenvalue weighted by molar-refractivity contribution is 6.30. The van der Waals surface area contributed by atoms with E-state index in [-0.39, 0.29) is 6.61 Å². The molecule has 0 saturated heterocycles. The first-order valence-electron chi connectivity index (χ1n) is 10.00. The Morgan fingerprint density at radius 2 is 1.81 bits per heavy atom. The molecule has 1 atom stereocenters. The molecule has 0 radical (unpaired) electrons. The summed E-state index contributed by atoms with van der Waals surface area (Å²) in [7, 11) is 1.63. The molecular weight excluding hydrogens is 431 g/mol. The van der Waals surface area contributed by atoms with E-state index in [1.807, 2.05) is 48.6 Å². The fraction of sp³-hybridized carbons (Fsp3) is 0.160. The molecule has 0 aliphatic carbocycles. The summed E-state index contributed by atoms with van der Waals surface area (Å²) in [5, 5.41) is 3.65. The lowest BCUT2D eigenvalue weighted by Crippen LogP contribution is -2.44. The average molecular weight is 453 g/mol. The first-order valence-corrected chi connectivity index (χ1v) is 10.4. The molecule has 32 heavy (non-hydrogen) atoms. The van der Waals surface area contributed by atoms with E-state index in [2.05, 4.69) is 10.3 Å². The van der Waals surface area contributed by atoms with Crippen molar-refractivity contribution >= 4 is 11.6 Å². The molecule has 1 aromatic heterocycles. The van der Waals surface area contributed by atoms with Gasteiger partial charge in [0.2, 0.25) is 0 Å². The summed E-state index contributed by atoms with van der Waals surface area (Å²) >= 11 is 5.83. The maximum atomic E-state index is 14.1. The SMILES string of the molecule is COc1ccc(COC2(c3ccncc3)C=CC=C(OCc3ccc(Cl)cc3F)N2)cc1. The third-order valence-electron chi connectivity index (χ3n) is 5.02. The fourth-order valence-corrected chi connectivity index (χ4v) is 3.43. The molecule has 0 bridgehead atoms. The lowest BCUT2D eigenvalue weighted by molar-refractivity contribution is -0.0578. The molecule has 0 spiro atoms. The summed E-state index contributed by atoms with van der Waals surface area (Å²) < 4.78 is 31.6. The van der Waals surface area contributed by atoms with Gasteiger partial charge in [-0.25, -0.2) is 4.39 Å². The molecule has 1 aliphatic rings. The molecular formula is C25H22ClFN2O3. The quantitative estimate of drug-likeness (QED) is 0.491. The number of halogens is 2. The lowest BCUT2D eigenvalue weighted by Gasteiger charge is -2.35. The maximum Gasteiger partial charge on any atom is 0.189 e. The van der Waals surface area contributed by atoms with Crippen molar-refractivity contribution in [3.63, 3.8) is 0 Å².